The molecule has 0 rings (SSSR count). The highest BCUT2D eigenvalue weighted by Crippen LogP contribution is 2.43. The number of allylic oxidation sites excluding steroid dienone is 2. The molecule has 0 saturated carbocycles. The second-order valence-electron chi connectivity index (χ2n) is 14.7. The molecule has 0 aromatic rings. The smallest absolute Gasteiger partial charge is 0.462 e. The van der Waals surface area contributed by atoms with Crippen molar-refractivity contribution in [3.05, 3.63) is 12.2 Å². The Kier molecular flexibility index (Phi) is 38.0. The van der Waals surface area contributed by atoms with Crippen molar-refractivity contribution in [2.75, 3.05) is 26.4 Å². The Bertz CT molecular complexity index is 899. The highest BCUT2D eigenvalue weighted by molar-refractivity contribution is 7.47. The topological polar surface area (TPSA) is 149 Å². The number of hydrogen-bond acceptors (Lipinski definition) is 9. The van der Waals surface area contributed by atoms with Crippen LogP contribution < -0.4 is 0 Å². The molecule has 10 nitrogen and oxygen atoms in total. The van der Waals surface area contributed by atoms with Gasteiger partial charge in [0.25, 0.3) is 0 Å². The van der Waals surface area contributed by atoms with E-state index in [0.29, 0.717) is 12.8 Å². The molecule has 0 aliphatic rings. The summed E-state index contributed by atoms with van der Waals surface area (Å²) in [6.45, 7) is 2.39. The minimum atomic E-state index is -4.61. The Hall–Kier alpha value is -1.29. The average Bonchev–Trinajstić information content (AvgIpc) is 3.14. The van der Waals surface area contributed by atoms with Gasteiger partial charge in [-0.3, -0.25) is 18.6 Å². The van der Waals surface area contributed by atoms with Crippen LogP contribution >= 0.6 is 7.82 Å². The lowest BCUT2D eigenvalue weighted by Gasteiger charge is -2.20. The van der Waals surface area contributed by atoms with Crippen molar-refractivity contribution < 1.29 is 47.8 Å². The quantitative estimate of drug-likeness (QED) is 0.0237. The molecule has 0 aliphatic carbocycles. The van der Waals surface area contributed by atoms with Crippen molar-refractivity contribution in [3.8, 4) is 0 Å². The molecule has 0 aromatic heterocycles. The predicted octanol–water partition coefficient (Wildman–Crippen LogP) is 11.2. The molecule has 1 unspecified atom stereocenters. The zero-order chi connectivity index (χ0) is 39.1. The largest absolute Gasteiger partial charge is 0.472 e. The maximum atomic E-state index is 12.6. The molecule has 3 N–H and O–H groups in total. The molecule has 0 spiro atoms. The third kappa shape index (κ3) is 38.8. The summed E-state index contributed by atoms with van der Waals surface area (Å²) in [7, 11) is -4.61. The maximum Gasteiger partial charge on any atom is 0.472 e. The van der Waals surface area contributed by atoms with Crippen molar-refractivity contribution in [2.24, 2.45) is 0 Å². The molecule has 0 amide bonds. The minimum Gasteiger partial charge on any atom is -0.462 e. The van der Waals surface area contributed by atoms with E-state index in [1.165, 1.54) is 122 Å². The molecule has 3 atom stereocenters. The molecule has 0 saturated heterocycles. The number of ether oxygens (including phenoxy) is 2. The van der Waals surface area contributed by atoms with Crippen molar-refractivity contribution in [1.82, 2.24) is 0 Å². The first-order valence-corrected chi connectivity index (χ1v) is 23.1. The highest BCUT2D eigenvalue weighted by atomic mass is 31.2. The second kappa shape index (κ2) is 39.0. The van der Waals surface area contributed by atoms with Gasteiger partial charge in [-0.15, -0.1) is 0 Å². The van der Waals surface area contributed by atoms with Crippen LogP contribution in [0.1, 0.15) is 206 Å². The molecule has 0 fully saturated rings. The maximum absolute atomic E-state index is 12.6. The second-order valence-corrected chi connectivity index (χ2v) is 16.2. The van der Waals surface area contributed by atoms with Gasteiger partial charge in [0.05, 0.1) is 19.8 Å². The lowest BCUT2D eigenvalue weighted by molar-refractivity contribution is -0.161. The third-order valence-electron chi connectivity index (χ3n) is 9.42. The Morgan fingerprint density at radius 3 is 1.38 bits per heavy atom. The van der Waals surface area contributed by atoms with E-state index in [4.69, 9.17) is 19.1 Å². The van der Waals surface area contributed by atoms with Gasteiger partial charge in [-0.25, -0.2) is 4.57 Å². The van der Waals surface area contributed by atoms with Gasteiger partial charge in [0.15, 0.2) is 6.10 Å². The first-order chi connectivity index (χ1) is 25.7. The van der Waals surface area contributed by atoms with E-state index >= 15 is 0 Å². The van der Waals surface area contributed by atoms with Gasteiger partial charge in [0, 0.05) is 12.8 Å². The molecule has 0 bridgehead atoms. The van der Waals surface area contributed by atoms with Crippen molar-refractivity contribution in [2.45, 2.75) is 219 Å². The summed E-state index contributed by atoms with van der Waals surface area (Å²) in [6, 6.07) is 0. The van der Waals surface area contributed by atoms with Gasteiger partial charge in [0.1, 0.15) is 12.7 Å². The Morgan fingerprint density at radius 1 is 0.547 bits per heavy atom. The van der Waals surface area contributed by atoms with Gasteiger partial charge in [-0.1, -0.05) is 167 Å². The molecule has 0 aromatic carbocycles. The van der Waals surface area contributed by atoms with Gasteiger partial charge < -0.3 is 24.6 Å². The SMILES string of the molecule is CCCCCCC=CCCCCCCCCCC(=O)O[C@H](COC(=O)CCCCCCCCCCCCCCCCC)COP(=O)(O)OC[C@@H](O)CO. The van der Waals surface area contributed by atoms with Crippen LogP contribution in [-0.4, -0.2) is 65.7 Å². The molecule has 0 radical (unpaired) electrons. The number of phosphoric ester groups is 1. The summed E-state index contributed by atoms with van der Waals surface area (Å²) in [4.78, 5) is 35.0. The van der Waals surface area contributed by atoms with Crippen molar-refractivity contribution in [1.29, 1.82) is 0 Å². The summed E-state index contributed by atoms with van der Waals surface area (Å²) in [5.74, 6) is -0.920. The Balaban J connectivity index is 4.27. The van der Waals surface area contributed by atoms with Crippen molar-refractivity contribution >= 4 is 19.8 Å². The molecule has 314 valence electrons. The van der Waals surface area contributed by atoms with Crippen LogP contribution in [-0.2, 0) is 32.7 Å². The van der Waals surface area contributed by atoms with Crippen LogP contribution in [0.3, 0.4) is 0 Å². The number of esters is 2. The van der Waals surface area contributed by atoms with E-state index in [1.54, 1.807) is 0 Å². The lowest BCUT2D eigenvalue weighted by atomic mass is 10.0. The molecule has 53 heavy (non-hydrogen) atoms. The standard InChI is InChI=1S/C42H81O10P/c1-3-5-7-9-11-13-15-17-19-21-23-25-27-29-31-33-41(45)49-37-40(38-51-53(47,48)50-36-39(44)35-43)52-42(46)34-32-30-28-26-24-22-20-18-16-14-12-10-8-6-4-2/h14,16,39-40,43-44H,3-13,15,17-38H2,1-2H3,(H,47,48)/t39-,40+/m0/s1. The number of carbonyl (C=O) groups excluding carboxylic acids is 2. The van der Waals surface area contributed by atoms with Crippen LogP contribution in [0.4, 0.5) is 0 Å². The van der Waals surface area contributed by atoms with E-state index in [0.717, 1.165) is 44.9 Å². The van der Waals surface area contributed by atoms with Gasteiger partial charge in [-0.05, 0) is 38.5 Å². The number of rotatable bonds is 41. The fraction of sp³-hybridized carbons (Fsp3) is 0.905. The summed E-state index contributed by atoms with van der Waals surface area (Å²) >= 11 is 0. The zero-order valence-electron chi connectivity index (χ0n) is 34.0. The normalized spacial score (nSPS) is 14.0. The summed E-state index contributed by atoms with van der Waals surface area (Å²) in [5.41, 5.74) is 0. The first kappa shape index (κ1) is 51.7. The Labute approximate surface area is 324 Å². The fourth-order valence-electron chi connectivity index (χ4n) is 6.05. The summed E-state index contributed by atoms with van der Waals surface area (Å²) in [5, 5.41) is 18.3. The number of carbonyl (C=O) groups is 2. The number of aliphatic hydroxyl groups excluding tert-OH is 2. The number of hydrogen-bond donors (Lipinski definition) is 3. The van der Waals surface area contributed by atoms with Crippen molar-refractivity contribution in [3.63, 3.8) is 0 Å². The molecule has 0 aliphatic heterocycles. The van der Waals surface area contributed by atoms with Crippen LogP contribution in [0.15, 0.2) is 12.2 Å². The molecular weight excluding hydrogens is 695 g/mol. The third-order valence-corrected chi connectivity index (χ3v) is 10.4. The molecule has 0 heterocycles. The zero-order valence-corrected chi connectivity index (χ0v) is 34.9. The predicted molar refractivity (Wildman–Crippen MR) is 215 cm³/mol. The van der Waals surface area contributed by atoms with E-state index < -0.39 is 51.8 Å². The molecular formula is C42H81O10P. The number of phosphoric acid groups is 1. The Morgan fingerprint density at radius 2 is 0.925 bits per heavy atom. The monoisotopic (exact) mass is 777 g/mol. The van der Waals surface area contributed by atoms with Gasteiger partial charge >= 0.3 is 19.8 Å². The van der Waals surface area contributed by atoms with E-state index in [-0.39, 0.29) is 19.4 Å². The van der Waals surface area contributed by atoms with Gasteiger partial charge in [0.2, 0.25) is 0 Å². The van der Waals surface area contributed by atoms with Gasteiger partial charge in [-0.2, -0.15) is 0 Å². The fourth-order valence-corrected chi connectivity index (χ4v) is 6.84. The van der Waals surface area contributed by atoms with E-state index in [9.17, 15) is 24.2 Å². The summed E-state index contributed by atoms with van der Waals surface area (Å²) < 4.78 is 32.7. The first-order valence-electron chi connectivity index (χ1n) is 21.6. The average molecular weight is 777 g/mol. The van der Waals surface area contributed by atoms with E-state index in [2.05, 4.69) is 30.5 Å². The van der Waals surface area contributed by atoms with Crippen LogP contribution in [0.2, 0.25) is 0 Å². The van der Waals surface area contributed by atoms with E-state index in [1.807, 2.05) is 0 Å². The summed E-state index contributed by atoms with van der Waals surface area (Å²) in [6.07, 6.45) is 36.0. The highest BCUT2D eigenvalue weighted by Gasteiger charge is 2.27. The van der Waals surface area contributed by atoms with Crippen LogP contribution in [0.5, 0.6) is 0 Å². The van der Waals surface area contributed by atoms with Crippen LogP contribution in [0.25, 0.3) is 0 Å². The minimum absolute atomic E-state index is 0.183. The van der Waals surface area contributed by atoms with Crippen LogP contribution in [0, 0.1) is 0 Å². The lowest BCUT2D eigenvalue weighted by Crippen LogP contribution is -2.29. The number of unbranched alkanes of at least 4 members (excludes halogenated alkanes) is 25. The molecule has 11 heteroatoms. The number of aliphatic hydroxyl groups is 2.